The van der Waals surface area contributed by atoms with E-state index >= 15 is 0 Å². The second-order valence-corrected chi connectivity index (χ2v) is 4.88. The molecule has 0 aromatic heterocycles. The second-order valence-electron chi connectivity index (χ2n) is 4.88. The van der Waals surface area contributed by atoms with Crippen molar-refractivity contribution >= 4 is 5.69 Å². The van der Waals surface area contributed by atoms with Gasteiger partial charge in [-0.25, -0.2) is 4.39 Å². The Labute approximate surface area is 94.7 Å². The quantitative estimate of drug-likeness (QED) is 0.828. The van der Waals surface area contributed by atoms with Crippen molar-refractivity contribution in [3.8, 4) is 0 Å². The molecule has 1 heterocycles. The zero-order valence-corrected chi connectivity index (χ0v) is 9.19. The van der Waals surface area contributed by atoms with Crippen molar-refractivity contribution in [1.29, 1.82) is 0 Å². The van der Waals surface area contributed by atoms with Gasteiger partial charge in [-0.1, -0.05) is 6.07 Å². The maximum absolute atomic E-state index is 13.6. The molecule has 2 fully saturated rings. The molecule has 1 aromatic carbocycles. The summed E-state index contributed by atoms with van der Waals surface area (Å²) in [5.41, 5.74) is 1.35. The normalized spacial score (nSPS) is 27.8. The molecule has 2 nitrogen and oxygen atoms in total. The Hall–Kier alpha value is -1.09. The molecule has 86 valence electrons. The molecule has 1 aliphatic heterocycles. The molecule has 1 N–H and O–H groups in total. The van der Waals surface area contributed by atoms with Crippen LogP contribution >= 0.6 is 0 Å². The Morgan fingerprint density at radius 1 is 1.38 bits per heavy atom. The number of aliphatic hydroxyl groups is 1. The number of piperidine rings is 1. The van der Waals surface area contributed by atoms with Gasteiger partial charge in [-0.15, -0.1) is 0 Å². The van der Waals surface area contributed by atoms with Gasteiger partial charge in [-0.2, -0.15) is 0 Å². The minimum absolute atomic E-state index is 0.212. The van der Waals surface area contributed by atoms with Gasteiger partial charge in [0.25, 0.3) is 0 Å². The average molecular weight is 221 g/mol. The summed E-state index contributed by atoms with van der Waals surface area (Å²) in [6, 6.07) is 5.64. The van der Waals surface area contributed by atoms with Gasteiger partial charge in [0.05, 0.1) is 6.61 Å². The summed E-state index contributed by atoms with van der Waals surface area (Å²) in [4.78, 5) is 2.28. The van der Waals surface area contributed by atoms with Gasteiger partial charge < -0.3 is 10.0 Å². The lowest BCUT2D eigenvalue weighted by Crippen LogP contribution is -2.32. The highest BCUT2D eigenvalue weighted by molar-refractivity contribution is 5.56. The van der Waals surface area contributed by atoms with Crippen LogP contribution < -0.4 is 4.90 Å². The van der Waals surface area contributed by atoms with Crippen molar-refractivity contribution in [1.82, 2.24) is 0 Å². The monoisotopic (exact) mass is 221 g/mol. The summed E-state index contributed by atoms with van der Waals surface area (Å²) in [5, 5.41) is 9.26. The van der Waals surface area contributed by atoms with E-state index in [9.17, 15) is 9.50 Å². The number of aliphatic hydroxyl groups excluding tert-OH is 1. The fourth-order valence-corrected chi connectivity index (χ4v) is 3.19. The maximum atomic E-state index is 13.6. The van der Waals surface area contributed by atoms with Gasteiger partial charge in [0, 0.05) is 23.8 Å². The predicted molar refractivity (Wildman–Crippen MR) is 60.8 cm³/mol. The Kier molecular flexibility index (Phi) is 2.36. The molecule has 0 radical (unpaired) electrons. The third-order valence-corrected chi connectivity index (χ3v) is 3.97. The predicted octanol–water partition coefficient (Wildman–Crippen LogP) is 2.31. The molecule has 2 unspecified atom stereocenters. The zero-order valence-electron chi connectivity index (χ0n) is 9.19. The summed E-state index contributed by atoms with van der Waals surface area (Å²) in [7, 11) is 0. The number of hydrogen-bond acceptors (Lipinski definition) is 2. The third kappa shape index (κ3) is 1.42. The van der Waals surface area contributed by atoms with Crippen LogP contribution in [0, 0.1) is 11.7 Å². The fraction of sp³-hybridized carbons (Fsp3) is 0.538. The molecule has 0 spiro atoms. The molecular formula is C13H16FNO. The molecule has 1 saturated carbocycles. The first-order valence-corrected chi connectivity index (χ1v) is 5.94. The topological polar surface area (TPSA) is 23.5 Å². The van der Waals surface area contributed by atoms with E-state index in [1.54, 1.807) is 6.07 Å². The van der Waals surface area contributed by atoms with E-state index in [4.69, 9.17) is 0 Å². The minimum Gasteiger partial charge on any atom is -0.391 e. The smallest absolute Gasteiger partial charge is 0.130 e. The Morgan fingerprint density at radius 2 is 2.25 bits per heavy atom. The van der Waals surface area contributed by atoms with Crippen LogP contribution in [0.1, 0.15) is 24.8 Å². The van der Waals surface area contributed by atoms with E-state index in [-0.39, 0.29) is 12.4 Å². The molecule has 3 heteroatoms. The Balaban J connectivity index is 1.97. The van der Waals surface area contributed by atoms with Gasteiger partial charge in [0.2, 0.25) is 0 Å². The highest BCUT2D eigenvalue weighted by Gasteiger charge is 2.38. The molecule has 3 rings (SSSR count). The van der Waals surface area contributed by atoms with Gasteiger partial charge in [-0.05, 0) is 37.3 Å². The first-order chi connectivity index (χ1) is 7.79. The molecule has 2 aliphatic rings. The van der Waals surface area contributed by atoms with Crippen LogP contribution in [-0.2, 0) is 6.61 Å². The Morgan fingerprint density at radius 3 is 2.88 bits per heavy atom. The van der Waals surface area contributed by atoms with E-state index < -0.39 is 0 Å². The zero-order chi connectivity index (χ0) is 11.1. The molecule has 16 heavy (non-hydrogen) atoms. The van der Waals surface area contributed by atoms with Crippen LogP contribution in [0.15, 0.2) is 18.2 Å². The fourth-order valence-electron chi connectivity index (χ4n) is 3.19. The van der Waals surface area contributed by atoms with Crippen LogP contribution in [0.2, 0.25) is 0 Å². The largest absolute Gasteiger partial charge is 0.391 e. The third-order valence-electron chi connectivity index (χ3n) is 3.97. The number of fused-ring (bicyclic) bond motifs is 2. The van der Waals surface area contributed by atoms with E-state index in [2.05, 4.69) is 4.90 Å². The van der Waals surface area contributed by atoms with Crippen molar-refractivity contribution in [3.05, 3.63) is 29.6 Å². The molecule has 1 aromatic rings. The van der Waals surface area contributed by atoms with Gasteiger partial charge in [0.15, 0.2) is 0 Å². The van der Waals surface area contributed by atoms with Gasteiger partial charge >= 0.3 is 0 Å². The highest BCUT2D eigenvalue weighted by Crippen LogP contribution is 2.41. The summed E-state index contributed by atoms with van der Waals surface area (Å²) in [5.74, 6) is 0.489. The lowest BCUT2D eigenvalue weighted by atomic mass is 10.1. The van der Waals surface area contributed by atoms with Crippen molar-refractivity contribution in [2.75, 3.05) is 11.4 Å². The summed E-state index contributed by atoms with van der Waals surface area (Å²) < 4.78 is 13.6. The Bertz CT molecular complexity index is 407. The summed E-state index contributed by atoms with van der Waals surface area (Å²) in [6.45, 7) is 0.816. The lowest BCUT2D eigenvalue weighted by Gasteiger charge is -2.30. The van der Waals surface area contributed by atoms with Crippen LogP contribution in [0.5, 0.6) is 0 Å². The van der Waals surface area contributed by atoms with Crippen molar-refractivity contribution in [2.45, 2.75) is 31.9 Å². The SMILES string of the molecule is OCc1c(F)cccc1N1CC2CCC1C2. The highest BCUT2D eigenvalue weighted by atomic mass is 19.1. The van der Waals surface area contributed by atoms with Crippen molar-refractivity contribution in [2.24, 2.45) is 5.92 Å². The number of anilines is 1. The summed E-state index contributed by atoms with van der Waals surface area (Å²) >= 11 is 0. The summed E-state index contributed by atoms with van der Waals surface area (Å²) in [6.07, 6.45) is 3.76. The van der Waals surface area contributed by atoms with Gasteiger partial charge in [-0.3, -0.25) is 0 Å². The number of halogens is 1. The van der Waals surface area contributed by atoms with E-state index in [0.29, 0.717) is 11.6 Å². The first-order valence-electron chi connectivity index (χ1n) is 5.94. The molecule has 2 bridgehead atoms. The lowest BCUT2D eigenvalue weighted by molar-refractivity contribution is 0.275. The number of rotatable bonds is 2. The molecular weight excluding hydrogens is 205 g/mol. The second kappa shape index (κ2) is 3.74. The molecule has 1 aliphatic carbocycles. The van der Waals surface area contributed by atoms with Crippen molar-refractivity contribution < 1.29 is 9.50 Å². The van der Waals surface area contributed by atoms with Gasteiger partial charge in [0.1, 0.15) is 5.82 Å². The standard InChI is InChI=1S/C13H16FNO/c14-12-2-1-3-13(11(12)8-16)15-7-9-4-5-10(15)6-9/h1-3,9-10,16H,4-8H2. The molecule has 1 saturated heterocycles. The first kappa shape index (κ1) is 10.1. The number of nitrogens with zero attached hydrogens (tertiary/aromatic N) is 1. The average Bonchev–Trinajstić information content (AvgIpc) is 2.90. The number of hydrogen-bond donors (Lipinski definition) is 1. The van der Waals surface area contributed by atoms with E-state index in [1.165, 1.54) is 25.3 Å². The van der Waals surface area contributed by atoms with E-state index in [0.717, 1.165) is 18.2 Å². The maximum Gasteiger partial charge on any atom is 0.130 e. The van der Waals surface area contributed by atoms with Crippen LogP contribution in [0.25, 0.3) is 0 Å². The van der Waals surface area contributed by atoms with Crippen LogP contribution in [0.3, 0.4) is 0 Å². The molecule has 2 atom stereocenters. The van der Waals surface area contributed by atoms with E-state index in [1.807, 2.05) is 6.07 Å². The molecule has 0 amide bonds. The van der Waals surface area contributed by atoms with Crippen LogP contribution in [-0.4, -0.2) is 17.7 Å². The number of benzene rings is 1. The van der Waals surface area contributed by atoms with Crippen LogP contribution in [0.4, 0.5) is 10.1 Å². The van der Waals surface area contributed by atoms with Crippen molar-refractivity contribution in [3.63, 3.8) is 0 Å². The minimum atomic E-state index is -0.289.